The van der Waals surface area contributed by atoms with Crippen LogP contribution in [0.1, 0.15) is 27.9 Å². The number of hydrogen-bond acceptors (Lipinski definition) is 4. The number of hydrogen-bond donors (Lipinski definition) is 1. The molecule has 23 heavy (non-hydrogen) atoms. The van der Waals surface area contributed by atoms with Crippen molar-refractivity contribution >= 4 is 71.9 Å². The minimum Gasteiger partial charge on any atom is -0.266 e. The van der Waals surface area contributed by atoms with Crippen LogP contribution >= 0.6 is 50.2 Å². The third-order valence-electron chi connectivity index (χ3n) is 3.23. The number of hydrazone groups is 1. The van der Waals surface area contributed by atoms with Gasteiger partial charge in [-0.05, 0) is 30.0 Å². The second-order valence-corrected chi connectivity index (χ2v) is 8.01. The third-order valence-corrected chi connectivity index (χ3v) is 6.30. The summed E-state index contributed by atoms with van der Waals surface area (Å²) in [6, 6.07) is 9.72. The molecule has 0 saturated heterocycles. The SMILES string of the molecule is CC/C(=N/NC(=O)c1sc2cc(Br)ccc2c1Cl)c1cccs1. The summed E-state index contributed by atoms with van der Waals surface area (Å²) >= 11 is 12.7. The summed E-state index contributed by atoms with van der Waals surface area (Å²) in [5.41, 5.74) is 3.48. The molecular weight excluding hydrogens is 416 g/mol. The molecule has 1 N–H and O–H groups in total. The van der Waals surface area contributed by atoms with Crippen molar-refractivity contribution in [2.75, 3.05) is 0 Å². The van der Waals surface area contributed by atoms with E-state index in [-0.39, 0.29) is 5.91 Å². The van der Waals surface area contributed by atoms with E-state index in [1.807, 2.05) is 42.6 Å². The van der Waals surface area contributed by atoms with Gasteiger partial charge in [-0.1, -0.05) is 46.6 Å². The van der Waals surface area contributed by atoms with Gasteiger partial charge in [-0.2, -0.15) is 5.10 Å². The number of halogens is 2. The Morgan fingerprint density at radius 1 is 1.39 bits per heavy atom. The van der Waals surface area contributed by atoms with Gasteiger partial charge in [-0.3, -0.25) is 4.79 Å². The summed E-state index contributed by atoms with van der Waals surface area (Å²) in [6.07, 6.45) is 0.744. The lowest BCUT2D eigenvalue weighted by atomic mass is 10.2. The van der Waals surface area contributed by atoms with Crippen LogP contribution in [0.4, 0.5) is 0 Å². The van der Waals surface area contributed by atoms with E-state index < -0.39 is 0 Å². The average molecular weight is 428 g/mol. The molecule has 7 heteroatoms. The van der Waals surface area contributed by atoms with Crippen LogP contribution < -0.4 is 5.43 Å². The molecule has 118 valence electrons. The van der Waals surface area contributed by atoms with Crippen molar-refractivity contribution in [3.8, 4) is 0 Å². The lowest BCUT2D eigenvalue weighted by Gasteiger charge is -2.02. The average Bonchev–Trinajstić information content (AvgIpc) is 3.16. The lowest BCUT2D eigenvalue weighted by molar-refractivity contribution is 0.0959. The van der Waals surface area contributed by atoms with Crippen LogP contribution in [-0.4, -0.2) is 11.6 Å². The Morgan fingerprint density at radius 2 is 2.22 bits per heavy atom. The van der Waals surface area contributed by atoms with E-state index >= 15 is 0 Å². The molecule has 0 aliphatic heterocycles. The van der Waals surface area contributed by atoms with Crippen LogP contribution in [0.3, 0.4) is 0 Å². The summed E-state index contributed by atoms with van der Waals surface area (Å²) in [6.45, 7) is 2.01. The van der Waals surface area contributed by atoms with Gasteiger partial charge in [0, 0.05) is 14.6 Å². The maximum atomic E-state index is 12.4. The van der Waals surface area contributed by atoms with E-state index in [1.165, 1.54) is 11.3 Å². The number of fused-ring (bicyclic) bond motifs is 1. The van der Waals surface area contributed by atoms with Gasteiger partial charge in [0.2, 0.25) is 0 Å². The Labute approximate surface area is 155 Å². The molecule has 1 amide bonds. The maximum Gasteiger partial charge on any atom is 0.283 e. The molecule has 0 aliphatic carbocycles. The highest BCUT2D eigenvalue weighted by molar-refractivity contribution is 9.10. The second-order valence-electron chi connectivity index (χ2n) is 4.72. The van der Waals surface area contributed by atoms with Crippen molar-refractivity contribution in [3.05, 3.63) is 55.0 Å². The molecule has 3 aromatic rings. The summed E-state index contributed by atoms with van der Waals surface area (Å²) in [7, 11) is 0. The molecule has 0 unspecified atom stereocenters. The van der Waals surface area contributed by atoms with Crippen LogP contribution in [0.5, 0.6) is 0 Å². The zero-order chi connectivity index (χ0) is 16.4. The fourth-order valence-electron chi connectivity index (χ4n) is 2.11. The molecule has 2 aromatic heterocycles. The number of rotatable bonds is 4. The molecule has 1 aromatic carbocycles. The molecule has 0 bridgehead atoms. The van der Waals surface area contributed by atoms with Gasteiger partial charge in [-0.25, -0.2) is 5.43 Å². The van der Waals surface area contributed by atoms with Crippen LogP contribution in [0.25, 0.3) is 10.1 Å². The van der Waals surface area contributed by atoms with Crippen LogP contribution in [-0.2, 0) is 0 Å². The smallest absolute Gasteiger partial charge is 0.266 e. The van der Waals surface area contributed by atoms with E-state index in [9.17, 15) is 4.79 Å². The fourth-order valence-corrected chi connectivity index (χ4v) is 4.85. The van der Waals surface area contributed by atoms with Crippen molar-refractivity contribution in [3.63, 3.8) is 0 Å². The first-order valence-electron chi connectivity index (χ1n) is 6.88. The predicted octanol–water partition coefficient (Wildman–Crippen LogP) is 5.92. The first-order chi connectivity index (χ1) is 11.1. The molecule has 0 radical (unpaired) electrons. The van der Waals surface area contributed by atoms with Gasteiger partial charge in [-0.15, -0.1) is 22.7 Å². The van der Waals surface area contributed by atoms with Gasteiger partial charge in [0.05, 0.1) is 15.6 Å². The van der Waals surface area contributed by atoms with Gasteiger partial charge in [0.25, 0.3) is 5.91 Å². The van der Waals surface area contributed by atoms with E-state index in [0.717, 1.165) is 31.6 Å². The Balaban J connectivity index is 1.87. The molecule has 3 nitrogen and oxygen atoms in total. The largest absolute Gasteiger partial charge is 0.283 e. The maximum absolute atomic E-state index is 12.4. The number of thiophene rings is 2. The second kappa shape index (κ2) is 7.13. The Morgan fingerprint density at radius 3 is 2.91 bits per heavy atom. The summed E-state index contributed by atoms with van der Waals surface area (Å²) < 4.78 is 1.92. The molecule has 0 atom stereocenters. The lowest BCUT2D eigenvalue weighted by Crippen LogP contribution is -2.19. The van der Waals surface area contributed by atoms with Crippen LogP contribution in [0.2, 0.25) is 5.02 Å². The highest BCUT2D eigenvalue weighted by atomic mass is 79.9. The minimum absolute atomic E-state index is 0.283. The zero-order valence-electron chi connectivity index (χ0n) is 12.1. The number of nitrogens with one attached hydrogen (secondary N) is 1. The summed E-state index contributed by atoms with van der Waals surface area (Å²) in [5, 5.41) is 7.59. The standard InChI is InChI=1S/C16H12BrClN2OS2/c1-2-11(12-4-3-7-22-12)19-20-16(21)15-14(18)10-6-5-9(17)8-13(10)23-15/h3-8H,2H2,1H3,(H,20,21)/b19-11-. The van der Waals surface area contributed by atoms with Gasteiger partial charge in [0.15, 0.2) is 0 Å². The monoisotopic (exact) mass is 426 g/mol. The third kappa shape index (κ3) is 3.50. The van der Waals surface area contributed by atoms with E-state index in [2.05, 4.69) is 26.5 Å². The molecular formula is C16H12BrClN2OS2. The van der Waals surface area contributed by atoms with Crippen molar-refractivity contribution in [2.45, 2.75) is 13.3 Å². The molecule has 0 spiro atoms. The first kappa shape index (κ1) is 16.6. The number of benzene rings is 1. The van der Waals surface area contributed by atoms with Crippen molar-refractivity contribution in [2.24, 2.45) is 5.10 Å². The molecule has 0 aliphatic rings. The van der Waals surface area contributed by atoms with Crippen LogP contribution in [0, 0.1) is 0 Å². The Bertz CT molecular complexity index is 887. The highest BCUT2D eigenvalue weighted by Crippen LogP contribution is 2.36. The molecule has 2 heterocycles. The Hall–Kier alpha value is -1.21. The topological polar surface area (TPSA) is 41.5 Å². The van der Waals surface area contributed by atoms with Gasteiger partial charge in [0.1, 0.15) is 4.88 Å². The van der Waals surface area contributed by atoms with Gasteiger partial charge >= 0.3 is 0 Å². The molecule has 0 fully saturated rings. The van der Waals surface area contributed by atoms with Crippen LogP contribution in [0.15, 0.2) is 45.3 Å². The number of carbonyl (C=O) groups is 1. The quantitative estimate of drug-likeness (QED) is 0.407. The van der Waals surface area contributed by atoms with Gasteiger partial charge < -0.3 is 0 Å². The first-order valence-corrected chi connectivity index (χ1v) is 9.75. The summed E-state index contributed by atoms with van der Waals surface area (Å²) in [5.74, 6) is -0.283. The predicted molar refractivity (Wildman–Crippen MR) is 103 cm³/mol. The number of amides is 1. The van der Waals surface area contributed by atoms with Crippen molar-refractivity contribution < 1.29 is 4.79 Å². The van der Waals surface area contributed by atoms with E-state index in [4.69, 9.17) is 11.6 Å². The number of nitrogens with zero attached hydrogens (tertiary/aromatic N) is 1. The van der Waals surface area contributed by atoms with E-state index in [1.54, 1.807) is 11.3 Å². The minimum atomic E-state index is -0.283. The Kier molecular flexibility index (Phi) is 5.16. The zero-order valence-corrected chi connectivity index (χ0v) is 16.1. The highest BCUT2D eigenvalue weighted by Gasteiger charge is 2.17. The molecule has 0 saturated carbocycles. The molecule has 3 rings (SSSR count). The summed E-state index contributed by atoms with van der Waals surface area (Å²) in [4.78, 5) is 13.9. The van der Waals surface area contributed by atoms with Crippen molar-refractivity contribution in [1.29, 1.82) is 0 Å². The fraction of sp³-hybridized carbons (Fsp3) is 0.125. The van der Waals surface area contributed by atoms with E-state index in [0.29, 0.717) is 9.90 Å². The number of carbonyl (C=O) groups excluding carboxylic acids is 1. The normalized spacial score (nSPS) is 11.9. The van der Waals surface area contributed by atoms with Crippen molar-refractivity contribution in [1.82, 2.24) is 5.43 Å².